The molecule has 1 aliphatic carbocycles. The van der Waals surface area contributed by atoms with E-state index in [0.29, 0.717) is 19.0 Å². The van der Waals surface area contributed by atoms with Gasteiger partial charge < -0.3 is 5.32 Å². The third kappa shape index (κ3) is 3.19. The smallest absolute Gasteiger partial charge is 0.304 e. The molecule has 1 heterocycles. The molecule has 1 fully saturated rings. The summed E-state index contributed by atoms with van der Waals surface area (Å²) in [5, 5.41) is 13.9. The van der Waals surface area contributed by atoms with Gasteiger partial charge in [-0.15, -0.1) is 0 Å². The molecule has 0 aromatic carbocycles. The van der Waals surface area contributed by atoms with Crippen LogP contribution < -0.4 is 5.32 Å². The molecule has 1 aliphatic rings. The zero-order valence-electron chi connectivity index (χ0n) is 12.0. The molecule has 7 nitrogen and oxygen atoms in total. The van der Waals surface area contributed by atoms with Gasteiger partial charge in [0.25, 0.3) is 10.0 Å². The molecule has 0 amide bonds. The van der Waals surface area contributed by atoms with Gasteiger partial charge in [-0.25, -0.2) is 8.42 Å². The van der Waals surface area contributed by atoms with Crippen molar-refractivity contribution in [1.29, 1.82) is 0 Å². The summed E-state index contributed by atoms with van der Waals surface area (Å²) in [6, 6.07) is 1.15. The van der Waals surface area contributed by atoms with Gasteiger partial charge in [0.2, 0.25) is 0 Å². The molecule has 0 bridgehead atoms. The Bertz CT molecular complexity index is 622. The Morgan fingerprint density at radius 1 is 1.52 bits per heavy atom. The Balaban J connectivity index is 2.30. The minimum absolute atomic E-state index is 0.0275. The summed E-state index contributed by atoms with van der Waals surface area (Å²) in [5.41, 5.74) is -0.194. The molecule has 0 saturated heterocycles. The first kappa shape index (κ1) is 16.2. The number of hydrogen-bond acceptors (Lipinski definition) is 6. The van der Waals surface area contributed by atoms with Crippen LogP contribution in [0.1, 0.15) is 26.2 Å². The molecule has 2 rings (SSSR count). The average molecular weight is 333 g/mol. The van der Waals surface area contributed by atoms with Crippen molar-refractivity contribution < 1.29 is 13.3 Å². The average Bonchev–Trinajstić information content (AvgIpc) is 2.82. The Hall–Kier alpha value is -1.19. The van der Waals surface area contributed by atoms with E-state index in [9.17, 15) is 18.5 Å². The number of sulfonamides is 1. The Morgan fingerprint density at radius 3 is 2.57 bits per heavy atom. The van der Waals surface area contributed by atoms with E-state index in [1.54, 1.807) is 14.0 Å². The first-order chi connectivity index (χ1) is 9.90. The van der Waals surface area contributed by atoms with Crippen molar-refractivity contribution in [2.24, 2.45) is 5.92 Å². The van der Waals surface area contributed by atoms with Crippen molar-refractivity contribution in [3.63, 3.8) is 0 Å². The van der Waals surface area contributed by atoms with Crippen LogP contribution in [-0.2, 0) is 10.0 Å². The predicted octanol–water partition coefficient (Wildman–Crippen LogP) is 2.51. The Morgan fingerprint density at radius 2 is 2.19 bits per heavy atom. The Kier molecular flexibility index (Phi) is 4.84. The summed E-state index contributed by atoms with van der Waals surface area (Å²) in [7, 11) is -2.12. The second-order valence-electron chi connectivity index (χ2n) is 5.04. The minimum Gasteiger partial charge on any atom is -0.374 e. The van der Waals surface area contributed by atoms with Crippen LogP contribution in [0.3, 0.4) is 0 Å². The molecule has 9 heteroatoms. The van der Waals surface area contributed by atoms with Gasteiger partial charge in [0.15, 0.2) is 5.00 Å². The fourth-order valence-corrected chi connectivity index (χ4v) is 5.25. The maximum atomic E-state index is 12.6. The zero-order valence-corrected chi connectivity index (χ0v) is 13.7. The molecular weight excluding hydrogens is 314 g/mol. The van der Waals surface area contributed by atoms with E-state index in [4.69, 9.17) is 0 Å². The number of hydrogen-bond donors (Lipinski definition) is 1. The molecule has 0 radical (unpaired) electrons. The number of anilines is 1. The van der Waals surface area contributed by atoms with Gasteiger partial charge >= 0.3 is 5.69 Å². The molecule has 0 spiro atoms. The second-order valence-corrected chi connectivity index (χ2v) is 8.26. The second kappa shape index (κ2) is 6.29. The zero-order chi connectivity index (χ0) is 15.6. The quantitative estimate of drug-likeness (QED) is 0.611. The third-order valence-electron chi connectivity index (χ3n) is 3.75. The first-order valence-electron chi connectivity index (χ1n) is 6.86. The van der Waals surface area contributed by atoms with Crippen LogP contribution >= 0.6 is 11.3 Å². The number of nitrogens with zero attached hydrogens (tertiary/aromatic N) is 2. The topological polar surface area (TPSA) is 92.5 Å². The van der Waals surface area contributed by atoms with Crippen LogP contribution in [0.25, 0.3) is 0 Å². The van der Waals surface area contributed by atoms with E-state index in [0.717, 1.165) is 36.7 Å². The largest absolute Gasteiger partial charge is 0.374 e. The molecule has 1 N–H and O–H groups in total. The van der Waals surface area contributed by atoms with E-state index in [1.807, 2.05) is 0 Å². The van der Waals surface area contributed by atoms with Gasteiger partial charge in [0, 0.05) is 26.2 Å². The molecule has 1 aromatic rings. The van der Waals surface area contributed by atoms with Gasteiger partial charge in [-0.1, -0.05) is 24.7 Å². The van der Waals surface area contributed by atoms with Crippen molar-refractivity contribution in [3.05, 3.63) is 16.2 Å². The molecule has 1 aromatic heterocycles. The molecule has 0 unspecified atom stereocenters. The number of nitrogens with one attached hydrogen (secondary N) is 1. The van der Waals surface area contributed by atoms with Crippen LogP contribution in [-0.4, -0.2) is 37.8 Å². The van der Waals surface area contributed by atoms with Crippen LogP contribution in [0.15, 0.2) is 10.3 Å². The standard InChI is InChI=1S/C12H19N3O4S2/c1-3-14(8-9-5-4-6-9)21(18,19)11-7-10(15(16)17)12(13-2)20-11/h7,9,13H,3-6,8H2,1-2H3. The molecule has 0 aliphatic heterocycles. The van der Waals surface area contributed by atoms with E-state index in [2.05, 4.69) is 5.32 Å². The highest BCUT2D eigenvalue weighted by atomic mass is 32.2. The summed E-state index contributed by atoms with van der Waals surface area (Å²) in [6.07, 6.45) is 3.26. The van der Waals surface area contributed by atoms with Crippen molar-refractivity contribution in [2.45, 2.75) is 30.4 Å². The van der Waals surface area contributed by atoms with Crippen molar-refractivity contribution in [1.82, 2.24) is 4.31 Å². The van der Waals surface area contributed by atoms with Gasteiger partial charge in [-0.2, -0.15) is 4.31 Å². The summed E-state index contributed by atoms with van der Waals surface area (Å²) < 4.78 is 26.7. The fourth-order valence-electron chi connectivity index (χ4n) is 2.29. The highest BCUT2D eigenvalue weighted by molar-refractivity contribution is 7.91. The summed E-state index contributed by atoms with van der Waals surface area (Å²) in [4.78, 5) is 10.4. The lowest BCUT2D eigenvalue weighted by Crippen LogP contribution is -2.36. The summed E-state index contributed by atoms with van der Waals surface area (Å²) in [5.74, 6) is 0.415. The molecule has 118 valence electrons. The van der Waals surface area contributed by atoms with E-state index < -0.39 is 14.9 Å². The van der Waals surface area contributed by atoms with Gasteiger partial charge in [-0.05, 0) is 18.8 Å². The molecule has 21 heavy (non-hydrogen) atoms. The van der Waals surface area contributed by atoms with E-state index >= 15 is 0 Å². The molecule has 0 atom stereocenters. The lowest BCUT2D eigenvalue weighted by atomic mass is 9.85. The summed E-state index contributed by atoms with van der Waals surface area (Å²) in [6.45, 7) is 2.66. The lowest BCUT2D eigenvalue weighted by Gasteiger charge is -2.30. The summed E-state index contributed by atoms with van der Waals surface area (Å²) >= 11 is 0.909. The fraction of sp³-hybridized carbons (Fsp3) is 0.667. The van der Waals surface area contributed by atoms with Crippen molar-refractivity contribution in [3.8, 4) is 0 Å². The number of rotatable bonds is 7. The van der Waals surface area contributed by atoms with Crippen molar-refractivity contribution >= 4 is 32.0 Å². The molecule has 1 saturated carbocycles. The van der Waals surface area contributed by atoms with E-state index in [1.165, 1.54) is 4.31 Å². The Labute approximate surface area is 128 Å². The third-order valence-corrected chi connectivity index (χ3v) is 7.28. The van der Waals surface area contributed by atoms with Crippen LogP contribution in [0.4, 0.5) is 10.7 Å². The number of thiophene rings is 1. The van der Waals surface area contributed by atoms with Crippen LogP contribution in [0, 0.1) is 16.0 Å². The SMILES string of the molecule is CCN(CC1CCC1)S(=O)(=O)c1cc([N+](=O)[O-])c(NC)s1. The number of nitro groups is 1. The highest BCUT2D eigenvalue weighted by Crippen LogP contribution is 2.38. The normalized spacial score (nSPS) is 16.0. The van der Waals surface area contributed by atoms with E-state index in [-0.39, 0.29) is 14.9 Å². The molecular formula is C12H19N3O4S2. The predicted molar refractivity (Wildman–Crippen MR) is 82.3 cm³/mol. The van der Waals surface area contributed by atoms with Gasteiger partial charge in [0.05, 0.1) is 4.92 Å². The lowest BCUT2D eigenvalue weighted by molar-refractivity contribution is -0.383. The van der Waals surface area contributed by atoms with Gasteiger partial charge in [0.1, 0.15) is 4.21 Å². The van der Waals surface area contributed by atoms with Gasteiger partial charge in [-0.3, -0.25) is 10.1 Å². The first-order valence-corrected chi connectivity index (χ1v) is 9.12. The maximum absolute atomic E-state index is 12.6. The monoisotopic (exact) mass is 333 g/mol. The van der Waals surface area contributed by atoms with Crippen molar-refractivity contribution in [2.75, 3.05) is 25.5 Å². The highest BCUT2D eigenvalue weighted by Gasteiger charge is 2.32. The van der Waals surface area contributed by atoms with Crippen LogP contribution in [0.2, 0.25) is 0 Å². The van der Waals surface area contributed by atoms with Crippen LogP contribution in [0.5, 0.6) is 0 Å². The minimum atomic E-state index is -3.66. The maximum Gasteiger partial charge on any atom is 0.304 e.